The van der Waals surface area contributed by atoms with Gasteiger partial charge in [0.05, 0.1) is 12.0 Å². The van der Waals surface area contributed by atoms with Crippen LogP contribution in [0.25, 0.3) is 0 Å². The van der Waals surface area contributed by atoms with Gasteiger partial charge in [-0.2, -0.15) is 5.26 Å². The van der Waals surface area contributed by atoms with Crippen molar-refractivity contribution >= 4 is 11.8 Å². The van der Waals surface area contributed by atoms with Crippen molar-refractivity contribution in [1.82, 2.24) is 0 Å². The third-order valence-corrected chi connectivity index (χ3v) is 5.29. The van der Waals surface area contributed by atoms with Crippen LogP contribution in [-0.4, -0.2) is 5.25 Å². The predicted octanol–water partition coefficient (Wildman–Crippen LogP) is 5.03. The molecule has 0 amide bonds. The van der Waals surface area contributed by atoms with E-state index < -0.39 is 0 Å². The molecule has 0 bridgehead atoms. The molecule has 102 valence electrons. The fourth-order valence-corrected chi connectivity index (χ4v) is 4.26. The molecule has 1 aliphatic rings. The van der Waals surface area contributed by atoms with Gasteiger partial charge in [-0.15, -0.1) is 11.8 Å². The molecule has 1 nitrogen and oxygen atoms in total. The van der Waals surface area contributed by atoms with Gasteiger partial charge in [0.25, 0.3) is 0 Å². The summed E-state index contributed by atoms with van der Waals surface area (Å²) in [5.41, 5.74) is 0. The SMILES string of the molecule is CCCC1CCC(C#N)C(Sc2ccccc2F)C1. The number of rotatable bonds is 4. The number of halogens is 1. The zero-order valence-electron chi connectivity index (χ0n) is 11.3. The van der Waals surface area contributed by atoms with Gasteiger partial charge in [-0.25, -0.2) is 4.39 Å². The maximum absolute atomic E-state index is 13.7. The van der Waals surface area contributed by atoms with Gasteiger partial charge in [0, 0.05) is 10.1 Å². The van der Waals surface area contributed by atoms with Gasteiger partial charge in [-0.3, -0.25) is 0 Å². The molecule has 0 N–H and O–H groups in total. The van der Waals surface area contributed by atoms with Crippen molar-refractivity contribution in [3.63, 3.8) is 0 Å². The van der Waals surface area contributed by atoms with E-state index in [4.69, 9.17) is 0 Å². The van der Waals surface area contributed by atoms with E-state index in [1.54, 1.807) is 17.8 Å². The second-order valence-electron chi connectivity index (χ2n) is 5.29. The number of hydrogen-bond donors (Lipinski definition) is 0. The summed E-state index contributed by atoms with van der Waals surface area (Å²) in [7, 11) is 0. The Bertz CT molecular complexity index is 454. The van der Waals surface area contributed by atoms with Crippen molar-refractivity contribution < 1.29 is 4.39 Å². The minimum Gasteiger partial charge on any atom is -0.206 e. The first-order chi connectivity index (χ1) is 9.24. The molecule has 0 radical (unpaired) electrons. The maximum Gasteiger partial charge on any atom is 0.136 e. The van der Waals surface area contributed by atoms with Crippen LogP contribution < -0.4 is 0 Å². The van der Waals surface area contributed by atoms with Gasteiger partial charge < -0.3 is 0 Å². The Balaban J connectivity index is 2.07. The summed E-state index contributed by atoms with van der Waals surface area (Å²) in [6.45, 7) is 2.20. The summed E-state index contributed by atoms with van der Waals surface area (Å²) in [4.78, 5) is 0.685. The molecule has 1 aromatic carbocycles. The Labute approximate surface area is 119 Å². The fourth-order valence-electron chi connectivity index (χ4n) is 2.86. The highest BCUT2D eigenvalue weighted by molar-refractivity contribution is 8.00. The Morgan fingerprint density at radius 1 is 1.37 bits per heavy atom. The van der Waals surface area contributed by atoms with E-state index >= 15 is 0 Å². The molecule has 0 aromatic heterocycles. The van der Waals surface area contributed by atoms with E-state index in [0.29, 0.717) is 10.8 Å². The van der Waals surface area contributed by atoms with Crippen molar-refractivity contribution in [2.45, 2.75) is 49.2 Å². The lowest BCUT2D eigenvalue weighted by molar-refractivity contribution is 0.306. The highest BCUT2D eigenvalue weighted by Gasteiger charge is 2.31. The summed E-state index contributed by atoms with van der Waals surface area (Å²) in [6, 6.07) is 9.30. The summed E-state index contributed by atoms with van der Waals surface area (Å²) in [5.74, 6) is 0.610. The van der Waals surface area contributed by atoms with Crippen LogP contribution in [0.3, 0.4) is 0 Å². The highest BCUT2D eigenvalue weighted by Crippen LogP contribution is 2.41. The zero-order chi connectivity index (χ0) is 13.7. The lowest BCUT2D eigenvalue weighted by atomic mass is 9.80. The molecule has 3 atom stereocenters. The number of thioether (sulfide) groups is 1. The molecule has 3 unspecified atom stereocenters. The minimum absolute atomic E-state index is 0.0673. The Kier molecular flexibility index (Phi) is 5.27. The van der Waals surface area contributed by atoms with Crippen molar-refractivity contribution in [2.75, 3.05) is 0 Å². The molecule has 2 rings (SSSR count). The highest BCUT2D eigenvalue weighted by atomic mass is 32.2. The zero-order valence-corrected chi connectivity index (χ0v) is 12.1. The van der Waals surface area contributed by atoms with Crippen molar-refractivity contribution in [1.29, 1.82) is 5.26 Å². The lowest BCUT2D eigenvalue weighted by Crippen LogP contribution is -2.26. The summed E-state index contributed by atoms with van der Waals surface area (Å²) >= 11 is 1.56. The van der Waals surface area contributed by atoms with E-state index in [2.05, 4.69) is 13.0 Å². The van der Waals surface area contributed by atoms with Crippen LogP contribution in [0.1, 0.15) is 39.0 Å². The van der Waals surface area contributed by atoms with Crippen molar-refractivity contribution in [3.8, 4) is 6.07 Å². The third kappa shape index (κ3) is 3.73. The summed E-state index contributed by atoms with van der Waals surface area (Å²) in [5, 5.41) is 9.51. The van der Waals surface area contributed by atoms with Crippen molar-refractivity contribution in [2.24, 2.45) is 11.8 Å². The van der Waals surface area contributed by atoms with Gasteiger partial charge in [0.15, 0.2) is 0 Å². The Hall–Kier alpha value is -1.01. The van der Waals surface area contributed by atoms with Gasteiger partial charge >= 0.3 is 0 Å². The molecule has 1 saturated carbocycles. The topological polar surface area (TPSA) is 23.8 Å². The number of nitrogens with zero attached hydrogens (tertiary/aromatic N) is 1. The first-order valence-electron chi connectivity index (χ1n) is 7.05. The first-order valence-corrected chi connectivity index (χ1v) is 7.93. The average Bonchev–Trinajstić information content (AvgIpc) is 2.42. The smallest absolute Gasteiger partial charge is 0.136 e. The van der Waals surface area contributed by atoms with Crippen LogP contribution in [0.5, 0.6) is 0 Å². The van der Waals surface area contributed by atoms with Crippen LogP contribution in [0.15, 0.2) is 29.2 Å². The number of benzene rings is 1. The molecular formula is C16H20FNS. The standard InChI is InChI=1S/C16H20FNS/c1-2-5-12-8-9-13(11-18)16(10-12)19-15-7-4-3-6-14(15)17/h3-4,6-7,12-13,16H,2,5,8-10H2,1H3. The molecule has 1 aliphatic carbocycles. The fraction of sp³-hybridized carbons (Fsp3) is 0.562. The second kappa shape index (κ2) is 6.96. The van der Waals surface area contributed by atoms with Crippen LogP contribution in [0, 0.1) is 29.0 Å². The third-order valence-electron chi connectivity index (χ3n) is 3.88. The molecule has 3 heteroatoms. The molecule has 0 spiro atoms. The van der Waals surface area contributed by atoms with E-state index in [1.807, 2.05) is 12.1 Å². The van der Waals surface area contributed by atoms with Gasteiger partial charge in [-0.1, -0.05) is 31.9 Å². The summed E-state index contributed by atoms with van der Waals surface area (Å²) in [6.07, 6.45) is 5.59. The number of hydrogen-bond acceptors (Lipinski definition) is 2. The van der Waals surface area contributed by atoms with E-state index in [-0.39, 0.29) is 17.0 Å². The average molecular weight is 277 g/mol. The largest absolute Gasteiger partial charge is 0.206 e. The molecule has 19 heavy (non-hydrogen) atoms. The van der Waals surface area contributed by atoms with E-state index in [9.17, 15) is 9.65 Å². The van der Waals surface area contributed by atoms with Crippen LogP contribution >= 0.6 is 11.8 Å². The summed E-state index contributed by atoms with van der Waals surface area (Å²) < 4.78 is 13.7. The lowest BCUT2D eigenvalue weighted by Gasteiger charge is -2.32. The van der Waals surface area contributed by atoms with Crippen LogP contribution in [-0.2, 0) is 0 Å². The monoisotopic (exact) mass is 277 g/mol. The van der Waals surface area contributed by atoms with Gasteiger partial charge in [0.1, 0.15) is 5.82 Å². The second-order valence-corrected chi connectivity index (χ2v) is 6.57. The molecule has 0 saturated heterocycles. The molecular weight excluding hydrogens is 257 g/mol. The Morgan fingerprint density at radius 3 is 2.84 bits per heavy atom. The molecule has 1 aromatic rings. The van der Waals surface area contributed by atoms with Gasteiger partial charge in [0.2, 0.25) is 0 Å². The van der Waals surface area contributed by atoms with E-state index in [0.717, 1.165) is 19.3 Å². The van der Waals surface area contributed by atoms with Crippen LogP contribution in [0.2, 0.25) is 0 Å². The minimum atomic E-state index is -0.165. The first kappa shape index (κ1) is 14.4. The van der Waals surface area contributed by atoms with Crippen LogP contribution in [0.4, 0.5) is 4.39 Å². The van der Waals surface area contributed by atoms with Crippen molar-refractivity contribution in [3.05, 3.63) is 30.1 Å². The van der Waals surface area contributed by atoms with Gasteiger partial charge in [-0.05, 0) is 37.3 Å². The molecule has 0 heterocycles. The maximum atomic E-state index is 13.7. The van der Waals surface area contributed by atoms with E-state index in [1.165, 1.54) is 18.9 Å². The predicted molar refractivity (Wildman–Crippen MR) is 77.4 cm³/mol. The Morgan fingerprint density at radius 2 is 2.16 bits per heavy atom. The quantitative estimate of drug-likeness (QED) is 0.771. The molecule has 0 aliphatic heterocycles. The number of nitriles is 1. The normalized spacial score (nSPS) is 26.9. The molecule has 1 fully saturated rings.